The van der Waals surface area contributed by atoms with Crippen molar-refractivity contribution in [3.8, 4) is 0 Å². The normalized spacial score (nSPS) is 11.2. The van der Waals surface area contributed by atoms with Crippen LogP contribution >= 0.6 is 0 Å². The van der Waals surface area contributed by atoms with Crippen LogP contribution in [0.25, 0.3) is 0 Å². The van der Waals surface area contributed by atoms with Crippen LogP contribution in [0.2, 0.25) is 0 Å². The van der Waals surface area contributed by atoms with E-state index in [-0.39, 0.29) is 11.7 Å². The van der Waals surface area contributed by atoms with Crippen molar-refractivity contribution in [1.82, 2.24) is 9.78 Å². The quantitative estimate of drug-likeness (QED) is 0.805. The maximum Gasteiger partial charge on any atom is 0.126 e. The van der Waals surface area contributed by atoms with Crippen molar-refractivity contribution >= 4 is 0 Å². The molecule has 0 atom stereocenters. The number of hydrogen-bond acceptors (Lipinski definition) is 1. The first-order valence-electron chi connectivity index (χ1n) is 6.26. The molecule has 2 rings (SSSR count). The van der Waals surface area contributed by atoms with Crippen molar-refractivity contribution in [2.45, 2.75) is 40.2 Å². The van der Waals surface area contributed by atoms with Gasteiger partial charge in [-0.3, -0.25) is 4.68 Å². The summed E-state index contributed by atoms with van der Waals surface area (Å²) in [5, 5.41) is 4.43. The van der Waals surface area contributed by atoms with Crippen LogP contribution in [0.4, 0.5) is 4.39 Å². The number of halogens is 1. The molecule has 18 heavy (non-hydrogen) atoms. The molecule has 0 bridgehead atoms. The van der Waals surface area contributed by atoms with Crippen LogP contribution in [0, 0.1) is 19.7 Å². The Balaban J connectivity index is 2.30. The molecule has 1 heterocycles. The predicted molar refractivity (Wildman–Crippen MR) is 71.3 cm³/mol. The Labute approximate surface area is 107 Å². The number of aromatic nitrogens is 2. The summed E-state index contributed by atoms with van der Waals surface area (Å²) >= 11 is 0. The summed E-state index contributed by atoms with van der Waals surface area (Å²) in [6, 6.07) is 7.37. The van der Waals surface area contributed by atoms with Crippen LogP contribution in [0.5, 0.6) is 0 Å². The van der Waals surface area contributed by atoms with E-state index in [1.807, 2.05) is 50.6 Å². The van der Waals surface area contributed by atoms with Gasteiger partial charge in [0.2, 0.25) is 0 Å². The molecule has 1 aromatic heterocycles. The predicted octanol–water partition coefficient (Wildman–Crippen LogP) is 3.81. The monoisotopic (exact) mass is 246 g/mol. The molecule has 0 aliphatic rings. The van der Waals surface area contributed by atoms with Gasteiger partial charge in [0.05, 0.1) is 12.2 Å². The Morgan fingerprint density at radius 2 is 1.94 bits per heavy atom. The van der Waals surface area contributed by atoms with Gasteiger partial charge in [0, 0.05) is 5.69 Å². The molecule has 2 nitrogen and oxygen atoms in total. The molecule has 96 valence electrons. The van der Waals surface area contributed by atoms with E-state index in [9.17, 15) is 4.39 Å². The molecule has 0 radical (unpaired) electrons. The van der Waals surface area contributed by atoms with Gasteiger partial charge in [-0.1, -0.05) is 26.0 Å². The molecule has 3 heteroatoms. The van der Waals surface area contributed by atoms with Crippen LogP contribution in [0.1, 0.15) is 42.3 Å². The number of aryl methyl sites for hydroxylation is 2. The highest BCUT2D eigenvalue weighted by molar-refractivity contribution is 5.28. The van der Waals surface area contributed by atoms with Crippen molar-refractivity contribution in [2.24, 2.45) is 0 Å². The van der Waals surface area contributed by atoms with Gasteiger partial charge in [-0.25, -0.2) is 4.39 Å². The fourth-order valence-corrected chi connectivity index (χ4v) is 2.14. The molecular weight excluding hydrogens is 227 g/mol. The van der Waals surface area contributed by atoms with Gasteiger partial charge in [0.1, 0.15) is 5.82 Å². The highest BCUT2D eigenvalue weighted by atomic mass is 19.1. The smallest absolute Gasteiger partial charge is 0.126 e. The molecule has 0 saturated heterocycles. The van der Waals surface area contributed by atoms with Crippen molar-refractivity contribution in [3.63, 3.8) is 0 Å². The van der Waals surface area contributed by atoms with Crippen LogP contribution < -0.4 is 0 Å². The molecule has 2 aromatic rings. The summed E-state index contributed by atoms with van der Waals surface area (Å²) in [7, 11) is 0. The lowest BCUT2D eigenvalue weighted by Crippen LogP contribution is -2.05. The molecule has 0 aliphatic carbocycles. The fraction of sp³-hybridized carbons (Fsp3) is 0.400. The number of rotatable bonds is 3. The van der Waals surface area contributed by atoms with Crippen LogP contribution in [-0.4, -0.2) is 9.78 Å². The molecule has 1 aromatic carbocycles. The molecule has 0 amide bonds. The van der Waals surface area contributed by atoms with Gasteiger partial charge in [0.15, 0.2) is 0 Å². The van der Waals surface area contributed by atoms with Crippen molar-refractivity contribution in [3.05, 3.63) is 52.6 Å². The van der Waals surface area contributed by atoms with Gasteiger partial charge in [-0.15, -0.1) is 0 Å². The SMILES string of the molecule is Cc1cc(C)n(Cc2ccc(F)c(C(C)C)c2)n1. The van der Waals surface area contributed by atoms with Crippen LogP contribution in [-0.2, 0) is 6.54 Å². The zero-order chi connectivity index (χ0) is 13.3. The topological polar surface area (TPSA) is 17.8 Å². The zero-order valence-electron chi connectivity index (χ0n) is 11.4. The summed E-state index contributed by atoms with van der Waals surface area (Å²) < 4.78 is 15.6. The van der Waals surface area contributed by atoms with Crippen LogP contribution in [0.15, 0.2) is 24.3 Å². The lowest BCUT2D eigenvalue weighted by Gasteiger charge is -2.10. The maximum atomic E-state index is 13.6. The average Bonchev–Trinajstić information content (AvgIpc) is 2.60. The second-order valence-corrected chi connectivity index (χ2v) is 5.10. The first-order valence-corrected chi connectivity index (χ1v) is 6.26. The van der Waals surface area contributed by atoms with Crippen molar-refractivity contribution < 1.29 is 4.39 Å². The van der Waals surface area contributed by atoms with Gasteiger partial charge < -0.3 is 0 Å². The third-order valence-corrected chi connectivity index (χ3v) is 3.12. The van der Waals surface area contributed by atoms with E-state index in [2.05, 4.69) is 5.10 Å². The minimum atomic E-state index is -0.123. The van der Waals surface area contributed by atoms with Crippen molar-refractivity contribution in [2.75, 3.05) is 0 Å². The molecule has 0 spiro atoms. The molecular formula is C15H19FN2. The Morgan fingerprint density at radius 3 is 2.50 bits per heavy atom. The second kappa shape index (κ2) is 4.92. The number of nitrogens with zero attached hydrogens (tertiary/aromatic N) is 2. The molecule has 0 fully saturated rings. The van der Waals surface area contributed by atoms with Crippen molar-refractivity contribution in [1.29, 1.82) is 0 Å². The molecule has 0 N–H and O–H groups in total. The molecule has 0 saturated carbocycles. The lowest BCUT2D eigenvalue weighted by atomic mass is 10.00. The standard InChI is InChI=1S/C15H19FN2/c1-10(2)14-8-13(5-6-15(14)16)9-18-12(4)7-11(3)17-18/h5-8,10H,9H2,1-4H3. The largest absolute Gasteiger partial charge is 0.265 e. The van der Waals surface area contributed by atoms with E-state index in [0.717, 1.165) is 22.5 Å². The van der Waals surface area contributed by atoms with E-state index in [1.54, 1.807) is 6.07 Å². The Kier molecular flexibility index (Phi) is 3.50. The lowest BCUT2D eigenvalue weighted by molar-refractivity contribution is 0.594. The molecule has 0 aliphatic heterocycles. The Bertz CT molecular complexity index is 556. The minimum absolute atomic E-state index is 0.123. The number of benzene rings is 1. The Morgan fingerprint density at radius 1 is 1.22 bits per heavy atom. The molecule has 0 unspecified atom stereocenters. The summed E-state index contributed by atoms with van der Waals surface area (Å²) in [5.74, 6) is 0.0764. The van der Waals surface area contributed by atoms with Gasteiger partial charge >= 0.3 is 0 Å². The maximum absolute atomic E-state index is 13.6. The van der Waals surface area contributed by atoms with E-state index < -0.39 is 0 Å². The summed E-state index contributed by atoms with van der Waals surface area (Å²) in [5.41, 5.74) is 4.00. The summed E-state index contributed by atoms with van der Waals surface area (Å²) in [4.78, 5) is 0. The van der Waals surface area contributed by atoms with E-state index >= 15 is 0 Å². The third kappa shape index (κ3) is 2.61. The second-order valence-electron chi connectivity index (χ2n) is 5.10. The summed E-state index contributed by atoms with van der Waals surface area (Å²) in [6.07, 6.45) is 0. The first-order chi connectivity index (χ1) is 8.47. The highest BCUT2D eigenvalue weighted by Crippen LogP contribution is 2.20. The highest BCUT2D eigenvalue weighted by Gasteiger charge is 2.09. The number of hydrogen-bond donors (Lipinski definition) is 0. The average molecular weight is 246 g/mol. The minimum Gasteiger partial charge on any atom is -0.265 e. The Hall–Kier alpha value is -1.64. The van der Waals surface area contributed by atoms with E-state index in [4.69, 9.17) is 0 Å². The van der Waals surface area contributed by atoms with E-state index in [0.29, 0.717) is 6.54 Å². The first kappa shape index (κ1) is 12.8. The van der Waals surface area contributed by atoms with Gasteiger partial charge in [0.25, 0.3) is 0 Å². The van der Waals surface area contributed by atoms with Crippen LogP contribution in [0.3, 0.4) is 0 Å². The fourth-order valence-electron chi connectivity index (χ4n) is 2.14. The van der Waals surface area contributed by atoms with E-state index in [1.165, 1.54) is 0 Å². The zero-order valence-corrected chi connectivity index (χ0v) is 11.4. The third-order valence-electron chi connectivity index (χ3n) is 3.12. The van der Waals surface area contributed by atoms with Gasteiger partial charge in [-0.2, -0.15) is 5.10 Å². The van der Waals surface area contributed by atoms with Gasteiger partial charge in [-0.05, 0) is 43.0 Å². The summed E-state index contributed by atoms with van der Waals surface area (Å²) in [6.45, 7) is 8.72.